The number of amides is 1. The molecule has 4 heteroatoms. The number of Topliss-reactive ketones (excluding diaryl/α,β-unsaturated/α-hetero) is 1. The van der Waals surface area contributed by atoms with Gasteiger partial charge >= 0.3 is 0 Å². The number of carbonyl (C=O) groups excluding carboxylic acids is 2. The van der Waals surface area contributed by atoms with E-state index in [2.05, 4.69) is 4.99 Å². The first-order valence-electron chi connectivity index (χ1n) is 5.23. The molecule has 0 bridgehead atoms. The number of nitrogens with two attached hydrogens (primary N) is 1. The van der Waals surface area contributed by atoms with Crippen molar-refractivity contribution < 1.29 is 9.59 Å². The first-order valence-corrected chi connectivity index (χ1v) is 5.23. The summed E-state index contributed by atoms with van der Waals surface area (Å²) in [6.45, 7) is 1.96. The van der Waals surface area contributed by atoms with Gasteiger partial charge in [0.05, 0.1) is 0 Å². The van der Waals surface area contributed by atoms with Gasteiger partial charge in [-0.25, -0.2) is 0 Å². The molecule has 17 heavy (non-hydrogen) atoms. The van der Waals surface area contributed by atoms with Gasteiger partial charge in [-0.1, -0.05) is 29.8 Å². The van der Waals surface area contributed by atoms with E-state index in [0.29, 0.717) is 5.57 Å². The molecule has 2 rings (SSSR count). The molecule has 0 radical (unpaired) electrons. The van der Waals surface area contributed by atoms with Gasteiger partial charge in [0.2, 0.25) is 5.91 Å². The summed E-state index contributed by atoms with van der Waals surface area (Å²) in [6.07, 6.45) is 2.74. The van der Waals surface area contributed by atoms with E-state index in [1.807, 2.05) is 31.2 Å². The van der Waals surface area contributed by atoms with Crippen molar-refractivity contribution in [2.75, 3.05) is 0 Å². The SMILES string of the molecule is Cc1ccc(C2=CN=CC(C(N)=O)C2=O)cc1. The van der Waals surface area contributed by atoms with Crippen molar-refractivity contribution in [1.29, 1.82) is 0 Å². The van der Waals surface area contributed by atoms with E-state index < -0.39 is 11.8 Å². The fraction of sp³-hybridized carbons (Fsp3) is 0.154. The Hall–Kier alpha value is -2.23. The van der Waals surface area contributed by atoms with E-state index in [9.17, 15) is 9.59 Å². The second kappa shape index (κ2) is 4.33. The standard InChI is InChI=1S/C13H12N2O2/c1-8-2-4-9(5-3-8)10-6-15-7-11(12(10)16)13(14)17/h2-7,11H,1H3,(H2,14,17). The van der Waals surface area contributed by atoms with Crippen LogP contribution in [0.3, 0.4) is 0 Å². The van der Waals surface area contributed by atoms with Gasteiger partial charge in [-0.05, 0) is 12.5 Å². The molecule has 1 unspecified atom stereocenters. The zero-order valence-electron chi connectivity index (χ0n) is 9.38. The molecule has 1 heterocycles. The minimum absolute atomic E-state index is 0.295. The smallest absolute Gasteiger partial charge is 0.233 e. The van der Waals surface area contributed by atoms with Crippen molar-refractivity contribution in [3.8, 4) is 0 Å². The largest absolute Gasteiger partial charge is 0.369 e. The topological polar surface area (TPSA) is 72.5 Å². The van der Waals surface area contributed by atoms with Crippen LogP contribution in [0.1, 0.15) is 11.1 Å². The Bertz CT molecular complexity index is 527. The summed E-state index contributed by atoms with van der Waals surface area (Å²) >= 11 is 0. The second-order valence-electron chi connectivity index (χ2n) is 3.95. The zero-order chi connectivity index (χ0) is 12.4. The van der Waals surface area contributed by atoms with Crippen LogP contribution in [-0.4, -0.2) is 17.9 Å². The molecule has 4 nitrogen and oxygen atoms in total. The number of ketones is 1. The summed E-state index contributed by atoms with van der Waals surface area (Å²) in [6, 6.07) is 7.47. The van der Waals surface area contributed by atoms with Crippen molar-refractivity contribution >= 4 is 23.5 Å². The van der Waals surface area contributed by atoms with Gasteiger partial charge in [0.15, 0.2) is 5.78 Å². The van der Waals surface area contributed by atoms with Gasteiger partial charge in [-0.3, -0.25) is 14.6 Å². The molecule has 1 aromatic rings. The number of hydrogen-bond donors (Lipinski definition) is 1. The van der Waals surface area contributed by atoms with Crippen LogP contribution >= 0.6 is 0 Å². The number of hydrogen-bond acceptors (Lipinski definition) is 3. The molecule has 0 fully saturated rings. The highest BCUT2D eigenvalue weighted by molar-refractivity contribution is 6.33. The third kappa shape index (κ3) is 2.15. The maximum atomic E-state index is 12.0. The fourth-order valence-corrected chi connectivity index (χ4v) is 1.66. The average molecular weight is 228 g/mol. The lowest BCUT2D eigenvalue weighted by molar-refractivity contribution is -0.126. The highest BCUT2D eigenvalue weighted by atomic mass is 16.2. The highest BCUT2D eigenvalue weighted by Gasteiger charge is 2.28. The summed E-state index contributed by atoms with van der Waals surface area (Å²) in [5.41, 5.74) is 7.43. The van der Waals surface area contributed by atoms with E-state index in [4.69, 9.17) is 5.73 Å². The highest BCUT2D eigenvalue weighted by Crippen LogP contribution is 2.22. The fourth-order valence-electron chi connectivity index (χ4n) is 1.66. The Morgan fingerprint density at radius 1 is 1.29 bits per heavy atom. The van der Waals surface area contributed by atoms with E-state index in [1.54, 1.807) is 0 Å². The number of benzene rings is 1. The molecule has 0 spiro atoms. The summed E-state index contributed by atoms with van der Waals surface area (Å²) in [5.74, 6) is -1.91. The molecule has 0 saturated heterocycles. The minimum atomic E-state index is -0.948. The monoisotopic (exact) mass is 228 g/mol. The van der Waals surface area contributed by atoms with Crippen LogP contribution in [0.4, 0.5) is 0 Å². The number of aryl methyl sites for hydroxylation is 1. The lowest BCUT2D eigenvalue weighted by Gasteiger charge is -2.13. The Balaban J connectivity index is 2.37. The first-order chi connectivity index (χ1) is 8.09. The van der Waals surface area contributed by atoms with Crippen LogP contribution in [0.15, 0.2) is 35.5 Å². The van der Waals surface area contributed by atoms with Crippen molar-refractivity contribution in [2.24, 2.45) is 16.6 Å². The summed E-state index contributed by atoms with van der Waals surface area (Å²) in [5, 5.41) is 0. The molecule has 0 aromatic heterocycles. The third-order valence-electron chi connectivity index (χ3n) is 2.66. The van der Waals surface area contributed by atoms with Gasteiger partial charge in [0, 0.05) is 18.0 Å². The van der Waals surface area contributed by atoms with Crippen LogP contribution in [0.2, 0.25) is 0 Å². The normalized spacial score (nSPS) is 19.0. The summed E-state index contributed by atoms with van der Waals surface area (Å²) in [4.78, 5) is 27.0. The second-order valence-corrected chi connectivity index (χ2v) is 3.95. The summed E-state index contributed by atoms with van der Waals surface area (Å²) < 4.78 is 0. The van der Waals surface area contributed by atoms with Gasteiger partial charge in [0.25, 0.3) is 0 Å². The van der Waals surface area contributed by atoms with Crippen molar-refractivity contribution in [2.45, 2.75) is 6.92 Å². The predicted molar refractivity (Wildman–Crippen MR) is 65.3 cm³/mol. The van der Waals surface area contributed by atoms with E-state index in [-0.39, 0.29) is 5.78 Å². The van der Waals surface area contributed by atoms with E-state index in [0.717, 1.165) is 11.1 Å². The number of aliphatic imine (C=N–C) groups is 1. The lowest BCUT2D eigenvalue weighted by atomic mass is 9.91. The van der Waals surface area contributed by atoms with Gasteiger partial charge in [-0.15, -0.1) is 0 Å². The molecular formula is C13H12N2O2. The zero-order valence-corrected chi connectivity index (χ0v) is 9.38. The molecule has 86 valence electrons. The predicted octanol–water partition coefficient (Wildman–Crippen LogP) is 1.09. The van der Waals surface area contributed by atoms with Gasteiger partial charge in [0.1, 0.15) is 5.92 Å². The third-order valence-corrected chi connectivity index (χ3v) is 2.66. The Kier molecular flexibility index (Phi) is 2.87. The van der Waals surface area contributed by atoms with E-state index >= 15 is 0 Å². The Labute approximate surface area is 98.8 Å². The minimum Gasteiger partial charge on any atom is -0.369 e. The first kappa shape index (κ1) is 11.3. The number of carbonyl (C=O) groups is 2. The molecule has 1 amide bonds. The number of nitrogens with zero attached hydrogens (tertiary/aromatic N) is 1. The lowest BCUT2D eigenvalue weighted by Crippen LogP contribution is -2.33. The molecule has 2 N–H and O–H groups in total. The van der Waals surface area contributed by atoms with Gasteiger partial charge in [-0.2, -0.15) is 0 Å². The molecule has 1 aliphatic rings. The van der Waals surface area contributed by atoms with Gasteiger partial charge < -0.3 is 5.73 Å². The number of allylic oxidation sites excluding steroid dienone is 1. The maximum absolute atomic E-state index is 12.0. The van der Waals surface area contributed by atoms with Crippen molar-refractivity contribution in [1.82, 2.24) is 0 Å². The number of rotatable bonds is 2. The quantitative estimate of drug-likeness (QED) is 0.769. The molecule has 1 aliphatic heterocycles. The molecule has 1 aromatic carbocycles. The maximum Gasteiger partial charge on any atom is 0.233 e. The average Bonchev–Trinajstić information content (AvgIpc) is 2.30. The van der Waals surface area contributed by atoms with Crippen LogP contribution in [0, 0.1) is 12.8 Å². The Morgan fingerprint density at radius 3 is 2.53 bits per heavy atom. The Morgan fingerprint density at radius 2 is 1.94 bits per heavy atom. The van der Waals surface area contributed by atoms with Crippen LogP contribution < -0.4 is 5.73 Å². The summed E-state index contributed by atoms with van der Waals surface area (Å²) in [7, 11) is 0. The number of primary amides is 1. The molecule has 0 saturated carbocycles. The van der Waals surface area contributed by atoms with Crippen molar-refractivity contribution in [3.05, 3.63) is 41.6 Å². The van der Waals surface area contributed by atoms with Crippen LogP contribution in [-0.2, 0) is 9.59 Å². The molecule has 0 aliphatic carbocycles. The van der Waals surface area contributed by atoms with Crippen LogP contribution in [0.5, 0.6) is 0 Å². The molecule has 1 atom stereocenters. The van der Waals surface area contributed by atoms with Crippen molar-refractivity contribution in [3.63, 3.8) is 0 Å². The molecular weight excluding hydrogens is 216 g/mol. The van der Waals surface area contributed by atoms with E-state index in [1.165, 1.54) is 12.4 Å². The van der Waals surface area contributed by atoms with Crippen LogP contribution in [0.25, 0.3) is 5.57 Å².